The predicted octanol–water partition coefficient (Wildman–Crippen LogP) is 3.96. The lowest BCUT2D eigenvalue weighted by molar-refractivity contribution is 0.0929. The van der Waals surface area contributed by atoms with Crippen LogP contribution in [0.1, 0.15) is 77.6 Å². The Labute approximate surface area is 185 Å². The predicted molar refractivity (Wildman–Crippen MR) is 124 cm³/mol. The molecule has 31 heavy (non-hydrogen) atoms. The zero-order chi connectivity index (χ0) is 22.2. The third kappa shape index (κ3) is 10.2. The molecule has 2 aromatic carbocycles. The van der Waals surface area contributed by atoms with Crippen LogP contribution in [0.5, 0.6) is 0 Å². The molecule has 0 heterocycles. The minimum absolute atomic E-state index is 0.117. The van der Waals surface area contributed by atoms with Crippen molar-refractivity contribution in [2.24, 2.45) is 0 Å². The molecule has 6 heteroatoms. The monoisotopic (exact) mass is 425 g/mol. The van der Waals surface area contributed by atoms with Crippen molar-refractivity contribution in [3.05, 3.63) is 71.3 Å². The first-order valence-corrected chi connectivity index (χ1v) is 11.3. The van der Waals surface area contributed by atoms with Crippen LogP contribution in [0.15, 0.2) is 54.6 Å². The van der Waals surface area contributed by atoms with Gasteiger partial charge in [0.15, 0.2) is 0 Å². The van der Waals surface area contributed by atoms with Crippen molar-refractivity contribution < 1.29 is 14.7 Å². The molecule has 0 aliphatic heterocycles. The number of nitrogens with one attached hydrogen (secondary N) is 3. The summed E-state index contributed by atoms with van der Waals surface area (Å²) in [5, 5.41) is 11.6. The molecule has 0 spiro atoms. The molecule has 0 bridgehead atoms. The van der Waals surface area contributed by atoms with Gasteiger partial charge in [0.05, 0.1) is 0 Å². The third-order valence-corrected chi connectivity index (χ3v) is 5.12. The fraction of sp³-hybridized carbons (Fsp3) is 0.440. The van der Waals surface area contributed by atoms with Gasteiger partial charge in [-0.3, -0.25) is 15.0 Å². The van der Waals surface area contributed by atoms with Crippen LogP contribution in [0, 0.1) is 0 Å². The normalized spacial score (nSPS) is 10.6. The van der Waals surface area contributed by atoms with Crippen molar-refractivity contribution in [3.8, 4) is 0 Å². The van der Waals surface area contributed by atoms with E-state index < -0.39 is 0 Å². The van der Waals surface area contributed by atoms with Gasteiger partial charge in [0.1, 0.15) is 0 Å². The standard InChI is InChI=1S/C25H35N3O3/c29-19-11-6-4-2-1-3-5-10-18-27-28-25(31)23-16-14-21(15-17-23)20-26-24(30)22-12-8-7-9-13-22/h7-9,12-17,27,29H,1-6,10-11,18-20H2,(H,26,30)(H,28,31). The van der Waals surface area contributed by atoms with Gasteiger partial charge < -0.3 is 10.4 Å². The molecule has 2 aromatic rings. The van der Waals surface area contributed by atoms with E-state index in [0.29, 0.717) is 24.3 Å². The maximum atomic E-state index is 12.2. The van der Waals surface area contributed by atoms with Gasteiger partial charge in [-0.25, -0.2) is 5.43 Å². The Morgan fingerprint density at radius 2 is 1.26 bits per heavy atom. The Morgan fingerprint density at radius 1 is 0.677 bits per heavy atom. The first kappa shape index (κ1) is 24.6. The van der Waals surface area contributed by atoms with Crippen molar-refractivity contribution in [1.82, 2.24) is 16.2 Å². The molecular weight excluding hydrogens is 390 g/mol. The van der Waals surface area contributed by atoms with E-state index in [0.717, 1.165) is 37.8 Å². The van der Waals surface area contributed by atoms with Crippen molar-refractivity contribution in [2.45, 2.75) is 57.9 Å². The summed E-state index contributed by atoms with van der Waals surface area (Å²) < 4.78 is 0. The molecule has 0 atom stereocenters. The number of aliphatic hydroxyl groups is 1. The van der Waals surface area contributed by atoms with E-state index in [1.807, 2.05) is 30.3 Å². The number of unbranched alkanes of at least 4 members (excludes halogenated alkanes) is 7. The minimum Gasteiger partial charge on any atom is -0.396 e. The Morgan fingerprint density at radius 3 is 1.90 bits per heavy atom. The lowest BCUT2D eigenvalue weighted by Crippen LogP contribution is -2.37. The molecule has 0 aliphatic rings. The second-order valence-corrected chi connectivity index (χ2v) is 7.68. The first-order valence-electron chi connectivity index (χ1n) is 11.3. The number of hydrogen-bond donors (Lipinski definition) is 4. The zero-order valence-corrected chi connectivity index (χ0v) is 18.2. The topological polar surface area (TPSA) is 90.5 Å². The van der Waals surface area contributed by atoms with Gasteiger partial charge in [-0.05, 0) is 42.7 Å². The smallest absolute Gasteiger partial charge is 0.265 e. The second-order valence-electron chi connectivity index (χ2n) is 7.68. The van der Waals surface area contributed by atoms with E-state index in [4.69, 9.17) is 5.11 Å². The number of hydrazine groups is 1. The number of carbonyl (C=O) groups is 2. The van der Waals surface area contributed by atoms with Crippen LogP contribution >= 0.6 is 0 Å². The molecule has 4 N–H and O–H groups in total. The summed E-state index contributed by atoms with van der Waals surface area (Å²) in [4.78, 5) is 24.3. The summed E-state index contributed by atoms with van der Waals surface area (Å²) in [6.07, 6.45) is 9.07. The van der Waals surface area contributed by atoms with Gasteiger partial charge in [0.25, 0.3) is 11.8 Å². The van der Waals surface area contributed by atoms with Crippen molar-refractivity contribution in [2.75, 3.05) is 13.2 Å². The van der Waals surface area contributed by atoms with Crippen LogP contribution in [0.4, 0.5) is 0 Å². The third-order valence-electron chi connectivity index (χ3n) is 5.12. The molecule has 0 unspecified atom stereocenters. The lowest BCUT2D eigenvalue weighted by Gasteiger charge is -2.09. The summed E-state index contributed by atoms with van der Waals surface area (Å²) in [5.41, 5.74) is 7.86. The highest BCUT2D eigenvalue weighted by Gasteiger charge is 2.06. The molecule has 2 amide bonds. The van der Waals surface area contributed by atoms with Crippen LogP contribution in [0.25, 0.3) is 0 Å². The molecule has 0 radical (unpaired) electrons. The molecular formula is C25H35N3O3. The summed E-state index contributed by atoms with van der Waals surface area (Å²) in [6, 6.07) is 16.3. The quantitative estimate of drug-likeness (QED) is 0.257. The molecule has 6 nitrogen and oxygen atoms in total. The van der Waals surface area contributed by atoms with Gasteiger partial charge in [0, 0.05) is 30.8 Å². The van der Waals surface area contributed by atoms with Crippen molar-refractivity contribution >= 4 is 11.8 Å². The van der Waals surface area contributed by atoms with Crippen LogP contribution in [0.2, 0.25) is 0 Å². The van der Waals surface area contributed by atoms with Crippen LogP contribution in [-0.2, 0) is 6.54 Å². The molecule has 0 saturated heterocycles. The van der Waals surface area contributed by atoms with Crippen molar-refractivity contribution in [1.29, 1.82) is 0 Å². The first-order chi connectivity index (χ1) is 15.2. The van der Waals surface area contributed by atoms with Gasteiger partial charge >= 0.3 is 0 Å². The largest absolute Gasteiger partial charge is 0.396 e. The average molecular weight is 426 g/mol. The Balaban J connectivity index is 1.56. The van der Waals surface area contributed by atoms with Crippen molar-refractivity contribution in [3.63, 3.8) is 0 Å². The van der Waals surface area contributed by atoms with Crippen LogP contribution in [0.3, 0.4) is 0 Å². The Bertz CT molecular complexity index is 763. The molecule has 2 rings (SSSR count). The highest BCUT2D eigenvalue weighted by atomic mass is 16.3. The fourth-order valence-electron chi connectivity index (χ4n) is 3.25. The Kier molecular flexibility index (Phi) is 12.0. The highest BCUT2D eigenvalue weighted by molar-refractivity contribution is 5.94. The number of aliphatic hydroxyl groups excluding tert-OH is 1. The van der Waals surface area contributed by atoms with Gasteiger partial charge in [-0.15, -0.1) is 0 Å². The molecule has 0 aromatic heterocycles. The van der Waals surface area contributed by atoms with Crippen LogP contribution in [-0.4, -0.2) is 30.1 Å². The van der Waals surface area contributed by atoms with Gasteiger partial charge in [-0.1, -0.05) is 68.9 Å². The van der Waals surface area contributed by atoms with E-state index in [-0.39, 0.29) is 11.8 Å². The zero-order valence-electron chi connectivity index (χ0n) is 18.2. The van der Waals surface area contributed by atoms with Gasteiger partial charge in [0.2, 0.25) is 0 Å². The minimum atomic E-state index is -0.163. The number of hydrogen-bond acceptors (Lipinski definition) is 4. The molecule has 0 saturated carbocycles. The maximum Gasteiger partial charge on any atom is 0.265 e. The lowest BCUT2D eigenvalue weighted by atomic mass is 10.1. The number of carbonyl (C=O) groups excluding carboxylic acids is 2. The summed E-state index contributed by atoms with van der Waals surface area (Å²) >= 11 is 0. The van der Waals surface area contributed by atoms with E-state index in [2.05, 4.69) is 16.2 Å². The number of amides is 2. The van der Waals surface area contributed by atoms with E-state index in [9.17, 15) is 9.59 Å². The van der Waals surface area contributed by atoms with E-state index in [1.165, 1.54) is 25.7 Å². The average Bonchev–Trinajstić information content (AvgIpc) is 2.81. The maximum absolute atomic E-state index is 12.2. The Hall–Kier alpha value is -2.70. The summed E-state index contributed by atoms with van der Waals surface area (Å²) in [7, 11) is 0. The molecule has 0 fully saturated rings. The van der Waals surface area contributed by atoms with E-state index in [1.54, 1.807) is 24.3 Å². The fourth-order valence-corrected chi connectivity index (χ4v) is 3.25. The summed E-state index contributed by atoms with van der Waals surface area (Å²) in [5.74, 6) is -0.280. The highest BCUT2D eigenvalue weighted by Crippen LogP contribution is 2.08. The van der Waals surface area contributed by atoms with Gasteiger partial charge in [-0.2, -0.15) is 0 Å². The summed E-state index contributed by atoms with van der Waals surface area (Å²) in [6.45, 7) is 1.46. The molecule has 0 aliphatic carbocycles. The molecule has 168 valence electrons. The number of benzene rings is 2. The van der Waals surface area contributed by atoms with Crippen LogP contribution < -0.4 is 16.2 Å². The SMILES string of the molecule is O=C(NCc1ccc(C(=O)NNCCCCCCCCCCO)cc1)c1ccccc1. The number of rotatable bonds is 15. The van der Waals surface area contributed by atoms with E-state index >= 15 is 0 Å². The second kappa shape index (κ2) is 15.2.